The molecule has 0 bridgehead atoms. The van der Waals surface area contributed by atoms with Crippen LogP contribution in [0.3, 0.4) is 0 Å². The van der Waals surface area contributed by atoms with Gasteiger partial charge in [-0.2, -0.15) is 0 Å². The van der Waals surface area contributed by atoms with Crippen LogP contribution in [0.25, 0.3) is 0 Å². The summed E-state index contributed by atoms with van der Waals surface area (Å²) in [7, 11) is 0. The first kappa shape index (κ1) is 11.8. The summed E-state index contributed by atoms with van der Waals surface area (Å²) in [4.78, 5) is 1.19. The molecule has 0 spiro atoms. The molecule has 70 valence electrons. The third-order valence-corrected chi connectivity index (χ3v) is 1.86. The summed E-state index contributed by atoms with van der Waals surface area (Å²) in [5, 5.41) is 0. The number of allylic oxidation sites excluding steroid dienone is 4. The molecule has 0 atom stereocenters. The van der Waals surface area contributed by atoms with E-state index in [1.165, 1.54) is 10.5 Å². The topological polar surface area (TPSA) is 0 Å². The maximum absolute atomic E-state index is 4.39. The highest BCUT2D eigenvalue weighted by Crippen LogP contribution is 2.16. The maximum atomic E-state index is 4.39. The zero-order chi connectivity index (χ0) is 9.56. The van der Waals surface area contributed by atoms with Gasteiger partial charge in [-0.15, -0.1) is 12.6 Å². The van der Waals surface area contributed by atoms with Gasteiger partial charge < -0.3 is 0 Å². The van der Waals surface area contributed by atoms with Crippen molar-refractivity contribution in [1.82, 2.24) is 0 Å². The van der Waals surface area contributed by atoms with Gasteiger partial charge in [-0.3, -0.25) is 0 Å². The summed E-state index contributed by atoms with van der Waals surface area (Å²) in [5.41, 5.74) is 1.42. The predicted molar refractivity (Wildman–Crippen MR) is 60.6 cm³/mol. The molecule has 0 fully saturated rings. The minimum Gasteiger partial charge on any atom is -0.148 e. The molecule has 0 aliphatic rings. The lowest BCUT2D eigenvalue weighted by Gasteiger charge is -2.02. The summed E-state index contributed by atoms with van der Waals surface area (Å²) >= 11 is 4.39. The Bertz CT molecular complexity index is 175. The average Bonchev–Trinajstić information content (AvgIpc) is 1.84. The number of rotatable bonds is 4. The molecule has 0 saturated heterocycles. The molecular formula is C11H20S. The van der Waals surface area contributed by atoms with Crippen molar-refractivity contribution in [3.05, 3.63) is 22.6 Å². The number of hydrogen-bond donors (Lipinski definition) is 1. The van der Waals surface area contributed by atoms with Gasteiger partial charge in [0.25, 0.3) is 0 Å². The summed E-state index contributed by atoms with van der Waals surface area (Å²) in [6.07, 6.45) is 6.55. The molecule has 0 rings (SSSR count). The predicted octanol–water partition coefficient (Wildman–Crippen LogP) is 4.20. The van der Waals surface area contributed by atoms with Crippen molar-refractivity contribution in [2.45, 2.75) is 40.5 Å². The molecule has 0 amide bonds. The van der Waals surface area contributed by atoms with E-state index in [0.717, 1.165) is 12.8 Å². The molecule has 0 aliphatic carbocycles. The van der Waals surface area contributed by atoms with Crippen LogP contribution in [0.4, 0.5) is 0 Å². The van der Waals surface area contributed by atoms with Gasteiger partial charge in [0.1, 0.15) is 0 Å². The van der Waals surface area contributed by atoms with E-state index in [2.05, 4.69) is 52.5 Å². The van der Waals surface area contributed by atoms with E-state index in [-0.39, 0.29) is 0 Å². The Kier molecular flexibility index (Phi) is 6.27. The molecule has 0 aliphatic heterocycles. The summed E-state index contributed by atoms with van der Waals surface area (Å²) in [6.45, 7) is 8.70. The van der Waals surface area contributed by atoms with Gasteiger partial charge in [-0.25, -0.2) is 0 Å². The van der Waals surface area contributed by atoms with Crippen molar-refractivity contribution < 1.29 is 0 Å². The smallest absolute Gasteiger partial charge is 0.00154 e. The van der Waals surface area contributed by atoms with Gasteiger partial charge in [0.15, 0.2) is 0 Å². The molecule has 0 radical (unpaired) electrons. The van der Waals surface area contributed by atoms with Crippen LogP contribution >= 0.6 is 12.6 Å². The van der Waals surface area contributed by atoms with Crippen LogP contribution in [0.2, 0.25) is 0 Å². The highest BCUT2D eigenvalue weighted by Gasteiger charge is 1.94. The van der Waals surface area contributed by atoms with Gasteiger partial charge in [-0.1, -0.05) is 38.5 Å². The monoisotopic (exact) mass is 184 g/mol. The first-order valence-corrected chi connectivity index (χ1v) is 5.06. The third kappa shape index (κ3) is 6.53. The Hall–Kier alpha value is -0.170. The van der Waals surface area contributed by atoms with Crippen molar-refractivity contribution in [2.24, 2.45) is 5.92 Å². The zero-order valence-electron chi connectivity index (χ0n) is 8.59. The Labute approximate surface area is 82.2 Å². The fourth-order valence-corrected chi connectivity index (χ4v) is 1.65. The molecular weight excluding hydrogens is 164 g/mol. The van der Waals surface area contributed by atoms with Gasteiger partial charge >= 0.3 is 0 Å². The van der Waals surface area contributed by atoms with E-state index < -0.39 is 0 Å². The molecule has 0 nitrogen and oxygen atoms in total. The van der Waals surface area contributed by atoms with E-state index in [4.69, 9.17) is 0 Å². The van der Waals surface area contributed by atoms with Crippen LogP contribution in [0, 0.1) is 5.92 Å². The lowest BCUT2D eigenvalue weighted by Crippen LogP contribution is -1.84. The largest absolute Gasteiger partial charge is 0.148 e. The quantitative estimate of drug-likeness (QED) is 0.491. The second-order valence-electron chi connectivity index (χ2n) is 3.54. The molecule has 0 heterocycles. The van der Waals surface area contributed by atoms with Gasteiger partial charge in [0, 0.05) is 0 Å². The Morgan fingerprint density at radius 2 is 2.00 bits per heavy atom. The second kappa shape index (κ2) is 6.36. The van der Waals surface area contributed by atoms with Crippen LogP contribution in [0.1, 0.15) is 40.5 Å². The van der Waals surface area contributed by atoms with Crippen molar-refractivity contribution in [3.8, 4) is 0 Å². The first-order valence-electron chi connectivity index (χ1n) is 4.61. The molecule has 0 N–H and O–H groups in total. The molecule has 0 unspecified atom stereocenters. The van der Waals surface area contributed by atoms with Crippen LogP contribution < -0.4 is 0 Å². The maximum Gasteiger partial charge on any atom is -0.00154 e. The SMILES string of the molecule is CC/C=C(/S)C/C(C)=C\C(C)C. The Morgan fingerprint density at radius 1 is 1.42 bits per heavy atom. The fraction of sp³-hybridized carbons (Fsp3) is 0.636. The lowest BCUT2D eigenvalue weighted by molar-refractivity contribution is 0.817. The Morgan fingerprint density at radius 3 is 2.42 bits per heavy atom. The van der Waals surface area contributed by atoms with E-state index in [9.17, 15) is 0 Å². The average molecular weight is 184 g/mol. The molecule has 12 heavy (non-hydrogen) atoms. The third-order valence-electron chi connectivity index (χ3n) is 1.52. The van der Waals surface area contributed by atoms with Gasteiger partial charge in [0.2, 0.25) is 0 Å². The normalized spacial score (nSPS) is 14.2. The number of thiol groups is 1. The summed E-state index contributed by atoms with van der Waals surface area (Å²) in [5.74, 6) is 0.646. The minimum absolute atomic E-state index is 0.646. The van der Waals surface area contributed by atoms with Crippen LogP contribution in [0.5, 0.6) is 0 Å². The fourth-order valence-electron chi connectivity index (χ4n) is 1.22. The van der Waals surface area contributed by atoms with Gasteiger partial charge in [0.05, 0.1) is 0 Å². The van der Waals surface area contributed by atoms with E-state index in [0.29, 0.717) is 5.92 Å². The molecule has 0 aromatic heterocycles. The zero-order valence-corrected chi connectivity index (χ0v) is 9.49. The minimum atomic E-state index is 0.646. The van der Waals surface area contributed by atoms with E-state index in [1.807, 2.05) is 0 Å². The van der Waals surface area contributed by atoms with Crippen molar-refractivity contribution >= 4 is 12.6 Å². The summed E-state index contributed by atoms with van der Waals surface area (Å²) in [6, 6.07) is 0. The van der Waals surface area contributed by atoms with E-state index in [1.54, 1.807) is 0 Å². The summed E-state index contributed by atoms with van der Waals surface area (Å²) < 4.78 is 0. The highest BCUT2D eigenvalue weighted by molar-refractivity contribution is 7.84. The van der Waals surface area contributed by atoms with E-state index >= 15 is 0 Å². The van der Waals surface area contributed by atoms with Crippen LogP contribution in [-0.2, 0) is 0 Å². The first-order chi connectivity index (χ1) is 5.56. The number of hydrogen-bond acceptors (Lipinski definition) is 1. The van der Waals surface area contributed by atoms with Crippen molar-refractivity contribution in [3.63, 3.8) is 0 Å². The molecule has 0 saturated carbocycles. The van der Waals surface area contributed by atoms with Crippen molar-refractivity contribution in [2.75, 3.05) is 0 Å². The highest BCUT2D eigenvalue weighted by atomic mass is 32.1. The van der Waals surface area contributed by atoms with Gasteiger partial charge in [-0.05, 0) is 30.6 Å². The molecule has 1 heteroatoms. The standard InChI is InChI=1S/C11H20S/c1-5-6-11(12)8-10(4)7-9(2)3/h6-7,9,12H,5,8H2,1-4H3/b10-7-,11-6+. The Balaban J connectivity index is 4.00. The van der Waals surface area contributed by atoms with Crippen LogP contribution in [0.15, 0.2) is 22.6 Å². The second-order valence-corrected chi connectivity index (χ2v) is 4.11. The molecule has 0 aromatic rings. The molecule has 0 aromatic carbocycles. The lowest BCUT2D eigenvalue weighted by atomic mass is 10.1. The van der Waals surface area contributed by atoms with Crippen LogP contribution in [-0.4, -0.2) is 0 Å². The van der Waals surface area contributed by atoms with Crippen molar-refractivity contribution in [1.29, 1.82) is 0 Å².